The van der Waals surface area contributed by atoms with Crippen molar-refractivity contribution in [1.82, 2.24) is 15.1 Å². The molecule has 1 aliphatic rings. The predicted molar refractivity (Wildman–Crippen MR) is 140 cm³/mol. The van der Waals surface area contributed by atoms with Gasteiger partial charge in [0, 0.05) is 39.1 Å². The Morgan fingerprint density at radius 3 is 2.45 bits per heavy atom. The maximum Gasteiger partial charge on any atom is 0.193 e. The van der Waals surface area contributed by atoms with Gasteiger partial charge in [0.25, 0.3) is 0 Å². The number of hydrogen-bond donors (Lipinski definition) is 1. The average molecular weight is 537 g/mol. The highest BCUT2D eigenvalue weighted by molar-refractivity contribution is 14.0. The summed E-state index contributed by atoms with van der Waals surface area (Å²) in [5, 5.41) is 3.54. The van der Waals surface area contributed by atoms with Crippen molar-refractivity contribution >= 4 is 29.9 Å². The fourth-order valence-corrected chi connectivity index (χ4v) is 3.93. The van der Waals surface area contributed by atoms with Crippen LogP contribution in [-0.2, 0) is 17.9 Å². The molecule has 0 amide bonds. The number of guanidine groups is 1. The third-order valence-corrected chi connectivity index (χ3v) is 5.56. The lowest BCUT2D eigenvalue weighted by molar-refractivity contribution is 0.0906. The second kappa shape index (κ2) is 14.4. The number of likely N-dealkylation sites (tertiary alicyclic amines) is 1. The largest absolute Gasteiger partial charge is 0.376 e. The van der Waals surface area contributed by atoms with Crippen LogP contribution in [-0.4, -0.2) is 62.6 Å². The van der Waals surface area contributed by atoms with Crippen molar-refractivity contribution < 1.29 is 4.74 Å². The zero-order valence-corrected chi connectivity index (χ0v) is 21.2. The molecule has 31 heavy (non-hydrogen) atoms. The van der Waals surface area contributed by atoms with Gasteiger partial charge < -0.3 is 19.9 Å². The van der Waals surface area contributed by atoms with Gasteiger partial charge in [0.2, 0.25) is 0 Å². The van der Waals surface area contributed by atoms with Crippen LogP contribution in [0.5, 0.6) is 0 Å². The molecule has 1 saturated heterocycles. The molecule has 0 aromatic heterocycles. The molecule has 3 rings (SSSR count). The van der Waals surface area contributed by atoms with Gasteiger partial charge in [-0.25, -0.2) is 0 Å². The Labute approximate surface area is 204 Å². The molecule has 2 aromatic carbocycles. The number of rotatable bonds is 10. The Morgan fingerprint density at radius 1 is 1.10 bits per heavy atom. The molecule has 1 aliphatic heterocycles. The summed E-state index contributed by atoms with van der Waals surface area (Å²) in [5.74, 6) is 1.59. The monoisotopic (exact) mass is 536 g/mol. The van der Waals surface area contributed by atoms with Crippen molar-refractivity contribution in [3.8, 4) is 0 Å². The van der Waals surface area contributed by atoms with Gasteiger partial charge in [-0.2, -0.15) is 0 Å². The van der Waals surface area contributed by atoms with Crippen molar-refractivity contribution in [2.45, 2.75) is 26.0 Å². The molecule has 170 valence electrons. The summed E-state index contributed by atoms with van der Waals surface area (Å²) in [7, 11) is 4.06. The molecule has 5 nitrogen and oxygen atoms in total. The van der Waals surface area contributed by atoms with Crippen LogP contribution in [0.25, 0.3) is 0 Å². The van der Waals surface area contributed by atoms with Gasteiger partial charge in [0.1, 0.15) is 0 Å². The fraction of sp³-hybridized carbons (Fsp3) is 0.480. The molecular weight excluding hydrogens is 499 g/mol. The molecule has 0 spiro atoms. The normalized spacial score (nSPS) is 16.4. The summed E-state index contributed by atoms with van der Waals surface area (Å²) in [5.41, 5.74) is 2.60. The summed E-state index contributed by atoms with van der Waals surface area (Å²) >= 11 is 0. The quantitative estimate of drug-likeness (QED) is 0.214. The molecule has 0 radical (unpaired) electrons. The van der Waals surface area contributed by atoms with Gasteiger partial charge >= 0.3 is 0 Å². The fourth-order valence-electron chi connectivity index (χ4n) is 3.93. The molecule has 0 saturated carbocycles. The maximum atomic E-state index is 5.95. The molecule has 0 aliphatic carbocycles. The summed E-state index contributed by atoms with van der Waals surface area (Å²) < 4.78 is 5.95. The molecule has 2 aromatic rings. The lowest BCUT2D eigenvalue weighted by Crippen LogP contribution is -2.41. The Hall–Kier alpha value is -1.64. The van der Waals surface area contributed by atoms with E-state index in [1.807, 2.05) is 13.1 Å². The van der Waals surface area contributed by atoms with Crippen LogP contribution < -0.4 is 5.32 Å². The van der Waals surface area contributed by atoms with Crippen LogP contribution in [0.3, 0.4) is 0 Å². The van der Waals surface area contributed by atoms with Gasteiger partial charge in [-0.3, -0.25) is 4.99 Å². The van der Waals surface area contributed by atoms with Crippen LogP contribution in [0, 0.1) is 5.92 Å². The second-order valence-electron chi connectivity index (χ2n) is 8.15. The van der Waals surface area contributed by atoms with Crippen LogP contribution in [0.4, 0.5) is 0 Å². The van der Waals surface area contributed by atoms with E-state index in [-0.39, 0.29) is 24.0 Å². The van der Waals surface area contributed by atoms with Gasteiger partial charge in [0.05, 0.1) is 13.2 Å². The average Bonchev–Trinajstić information content (AvgIpc) is 3.24. The number of halogens is 1. The van der Waals surface area contributed by atoms with E-state index >= 15 is 0 Å². The first-order valence-corrected chi connectivity index (χ1v) is 11.0. The number of benzene rings is 2. The minimum atomic E-state index is 0. The third kappa shape index (κ3) is 9.17. The SMILES string of the molecule is CN=C(NCCCN(C)Cc1ccccc1)N1CCC(COCc2ccccc2)C1.I. The Bertz CT molecular complexity index is 757. The molecule has 0 bridgehead atoms. The topological polar surface area (TPSA) is 40.1 Å². The first kappa shape index (κ1) is 25.6. The van der Waals surface area contributed by atoms with E-state index in [0.717, 1.165) is 58.1 Å². The van der Waals surface area contributed by atoms with Gasteiger partial charge in [-0.15, -0.1) is 24.0 Å². The minimum Gasteiger partial charge on any atom is -0.376 e. The van der Waals surface area contributed by atoms with Crippen molar-refractivity contribution in [3.05, 3.63) is 71.8 Å². The zero-order valence-electron chi connectivity index (χ0n) is 18.9. The van der Waals surface area contributed by atoms with Crippen molar-refractivity contribution in [3.63, 3.8) is 0 Å². The molecule has 1 heterocycles. The number of ether oxygens (including phenoxy) is 1. The van der Waals surface area contributed by atoms with Crippen LogP contribution in [0.2, 0.25) is 0 Å². The van der Waals surface area contributed by atoms with Crippen LogP contribution in [0.1, 0.15) is 24.0 Å². The van der Waals surface area contributed by atoms with Crippen molar-refractivity contribution in [1.29, 1.82) is 0 Å². The third-order valence-electron chi connectivity index (χ3n) is 5.56. The standard InChI is InChI=1S/C25H36N4O.HI/c1-26-25(27-15-9-16-28(2)18-22-10-5-3-6-11-22)29-17-14-24(19-29)21-30-20-23-12-7-4-8-13-23;/h3-8,10-13,24H,9,14-21H2,1-2H3,(H,26,27);1H. The predicted octanol–water partition coefficient (Wildman–Crippen LogP) is 4.24. The van der Waals surface area contributed by atoms with Crippen LogP contribution >= 0.6 is 24.0 Å². The second-order valence-corrected chi connectivity index (χ2v) is 8.15. The van der Waals surface area contributed by atoms with Crippen LogP contribution in [0.15, 0.2) is 65.7 Å². The zero-order chi connectivity index (χ0) is 21.0. The Balaban J connectivity index is 0.00000341. The Kier molecular flexibility index (Phi) is 11.9. The molecule has 1 atom stereocenters. The van der Waals surface area contributed by atoms with Crippen molar-refractivity contribution in [2.75, 3.05) is 46.9 Å². The van der Waals surface area contributed by atoms with E-state index in [2.05, 4.69) is 81.8 Å². The van der Waals surface area contributed by atoms with E-state index in [0.29, 0.717) is 12.5 Å². The number of aliphatic imine (C=N–C) groups is 1. The van der Waals surface area contributed by atoms with Gasteiger partial charge in [-0.1, -0.05) is 60.7 Å². The first-order chi connectivity index (χ1) is 14.7. The smallest absolute Gasteiger partial charge is 0.193 e. The van der Waals surface area contributed by atoms with Gasteiger partial charge in [0.15, 0.2) is 5.96 Å². The minimum absolute atomic E-state index is 0. The summed E-state index contributed by atoms with van der Waals surface area (Å²) in [6, 6.07) is 21.0. The highest BCUT2D eigenvalue weighted by Gasteiger charge is 2.24. The van der Waals surface area contributed by atoms with Gasteiger partial charge in [-0.05, 0) is 37.6 Å². The molecular formula is C25H37IN4O. The van der Waals surface area contributed by atoms with E-state index in [1.54, 1.807) is 0 Å². The van der Waals surface area contributed by atoms with Crippen molar-refractivity contribution in [2.24, 2.45) is 10.9 Å². The lowest BCUT2D eigenvalue weighted by atomic mass is 10.1. The number of nitrogens with zero attached hydrogens (tertiary/aromatic N) is 3. The molecule has 1 fully saturated rings. The molecule has 1 N–H and O–H groups in total. The number of nitrogens with one attached hydrogen (secondary N) is 1. The Morgan fingerprint density at radius 2 is 1.77 bits per heavy atom. The summed E-state index contributed by atoms with van der Waals surface area (Å²) in [4.78, 5) is 9.23. The van der Waals surface area contributed by atoms with E-state index in [4.69, 9.17) is 4.74 Å². The first-order valence-electron chi connectivity index (χ1n) is 11.0. The molecule has 1 unspecified atom stereocenters. The highest BCUT2D eigenvalue weighted by atomic mass is 127. The summed E-state index contributed by atoms with van der Waals surface area (Å²) in [6.07, 6.45) is 2.26. The summed E-state index contributed by atoms with van der Waals surface area (Å²) in [6.45, 7) is 6.57. The number of hydrogen-bond acceptors (Lipinski definition) is 3. The lowest BCUT2D eigenvalue weighted by Gasteiger charge is -2.22. The van der Waals surface area contributed by atoms with E-state index in [9.17, 15) is 0 Å². The van der Waals surface area contributed by atoms with E-state index < -0.39 is 0 Å². The molecule has 6 heteroatoms. The highest BCUT2D eigenvalue weighted by Crippen LogP contribution is 2.17. The maximum absolute atomic E-state index is 5.95. The van der Waals surface area contributed by atoms with E-state index in [1.165, 1.54) is 11.1 Å².